The lowest BCUT2D eigenvalue weighted by atomic mass is 10.0. The quantitative estimate of drug-likeness (QED) is 0.873. The van der Waals surface area contributed by atoms with Crippen LogP contribution in [0.25, 0.3) is 0 Å². The number of anilines is 1. The van der Waals surface area contributed by atoms with Crippen molar-refractivity contribution in [2.24, 2.45) is 5.73 Å². The number of nitrogens with two attached hydrogens (primary N) is 1. The number of amides is 1. The van der Waals surface area contributed by atoms with Crippen LogP contribution >= 0.6 is 11.6 Å². The Kier molecular flexibility index (Phi) is 5.38. The predicted octanol–water partition coefficient (Wildman–Crippen LogP) is 3.52. The number of nitrogens with zero attached hydrogens (tertiary/aromatic N) is 1. The summed E-state index contributed by atoms with van der Waals surface area (Å²) in [7, 11) is 0. The van der Waals surface area contributed by atoms with Gasteiger partial charge in [0.15, 0.2) is 0 Å². The highest BCUT2D eigenvalue weighted by Crippen LogP contribution is 2.25. The molecule has 0 radical (unpaired) electrons. The number of primary amides is 1. The van der Waals surface area contributed by atoms with Gasteiger partial charge in [-0.1, -0.05) is 41.9 Å². The Bertz CT molecular complexity index is 705. The van der Waals surface area contributed by atoms with Gasteiger partial charge >= 0.3 is 0 Å². The van der Waals surface area contributed by atoms with Gasteiger partial charge in [-0.3, -0.25) is 9.69 Å². The summed E-state index contributed by atoms with van der Waals surface area (Å²) in [6.07, 6.45) is 2.26. The molecular weight excluding hydrogens is 322 g/mol. The van der Waals surface area contributed by atoms with Crippen molar-refractivity contribution in [3.63, 3.8) is 0 Å². The van der Waals surface area contributed by atoms with Crippen molar-refractivity contribution in [3.05, 3.63) is 64.7 Å². The van der Waals surface area contributed by atoms with E-state index in [2.05, 4.69) is 34.5 Å². The Morgan fingerprint density at radius 1 is 1.25 bits per heavy atom. The average Bonchev–Trinajstić information content (AvgIpc) is 2.58. The highest BCUT2D eigenvalue weighted by Gasteiger charge is 2.20. The molecule has 1 heterocycles. The number of halogens is 1. The minimum atomic E-state index is -0.463. The van der Waals surface area contributed by atoms with E-state index in [0.29, 0.717) is 16.6 Å². The fourth-order valence-corrected chi connectivity index (χ4v) is 3.40. The molecule has 0 aromatic heterocycles. The second-order valence-corrected chi connectivity index (χ2v) is 6.67. The summed E-state index contributed by atoms with van der Waals surface area (Å²) < 4.78 is 0. The largest absolute Gasteiger partial charge is 0.380 e. The molecule has 1 saturated heterocycles. The van der Waals surface area contributed by atoms with Crippen LogP contribution < -0.4 is 11.1 Å². The number of hydrogen-bond acceptors (Lipinski definition) is 3. The number of nitrogens with one attached hydrogen (secondary N) is 1. The minimum Gasteiger partial charge on any atom is -0.380 e. The summed E-state index contributed by atoms with van der Waals surface area (Å²) in [6.45, 7) is 3.05. The van der Waals surface area contributed by atoms with Gasteiger partial charge in [0.05, 0.1) is 10.7 Å². The second-order valence-electron chi connectivity index (χ2n) is 6.26. The van der Waals surface area contributed by atoms with Gasteiger partial charge in [-0.25, -0.2) is 0 Å². The van der Waals surface area contributed by atoms with Gasteiger partial charge in [-0.15, -0.1) is 0 Å². The SMILES string of the molecule is NC(=O)c1ccc(NC2CCCN(Cc3ccccc3)C2)c(Cl)c1. The van der Waals surface area contributed by atoms with E-state index < -0.39 is 5.91 Å². The van der Waals surface area contributed by atoms with Crippen LogP contribution in [-0.2, 0) is 6.54 Å². The molecule has 1 aliphatic rings. The number of benzene rings is 2. The molecule has 126 valence electrons. The first-order valence-electron chi connectivity index (χ1n) is 8.24. The van der Waals surface area contributed by atoms with Crippen LogP contribution in [0.4, 0.5) is 5.69 Å². The van der Waals surface area contributed by atoms with Crippen molar-refractivity contribution >= 4 is 23.2 Å². The zero-order chi connectivity index (χ0) is 16.9. The number of rotatable bonds is 5. The van der Waals surface area contributed by atoms with E-state index in [1.165, 1.54) is 5.56 Å². The van der Waals surface area contributed by atoms with E-state index in [4.69, 9.17) is 17.3 Å². The number of piperidine rings is 1. The maximum Gasteiger partial charge on any atom is 0.248 e. The first kappa shape index (κ1) is 16.8. The van der Waals surface area contributed by atoms with Crippen LogP contribution in [0.5, 0.6) is 0 Å². The summed E-state index contributed by atoms with van der Waals surface area (Å²) in [4.78, 5) is 13.7. The Morgan fingerprint density at radius 2 is 2.04 bits per heavy atom. The van der Waals surface area contributed by atoms with Crippen molar-refractivity contribution < 1.29 is 4.79 Å². The second kappa shape index (κ2) is 7.69. The molecule has 5 heteroatoms. The summed E-state index contributed by atoms with van der Waals surface area (Å²) in [5.74, 6) is -0.463. The summed E-state index contributed by atoms with van der Waals surface area (Å²) in [5.41, 5.74) is 7.90. The summed E-state index contributed by atoms with van der Waals surface area (Å²) in [5, 5.41) is 4.04. The predicted molar refractivity (Wildman–Crippen MR) is 98.3 cm³/mol. The highest BCUT2D eigenvalue weighted by molar-refractivity contribution is 6.33. The van der Waals surface area contributed by atoms with Crippen molar-refractivity contribution in [1.82, 2.24) is 4.90 Å². The van der Waals surface area contributed by atoms with Crippen LogP contribution in [0.1, 0.15) is 28.8 Å². The molecule has 3 N–H and O–H groups in total. The first-order chi connectivity index (χ1) is 11.6. The zero-order valence-electron chi connectivity index (χ0n) is 13.5. The van der Waals surface area contributed by atoms with E-state index in [1.807, 2.05) is 12.1 Å². The van der Waals surface area contributed by atoms with E-state index in [1.54, 1.807) is 12.1 Å². The maximum absolute atomic E-state index is 11.2. The van der Waals surface area contributed by atoms with Crippen LogP contribution in [0, 0.1) is 0 Å². The maximum atomic E-state index is 11.2. The molecule has 2 aromatic carbocycles. The van der Waals surface area contributed by atoms with Crippen molar-refractivity contribution in [2.45, 2.75) is 25.4 Å². The third kappa shape index (κ3) is 4.28. The molecule has 4 nitrogen and oxygen atoms in total. The monoisotopic (exact) mass is 343 g/mol. The lowest BCUT2D eigenvalue weighted by Gasteiger charge is -2.34. The number of hydrogen-bond donors (Lipinski definition) is 2. The fourth-order valence-electron chi connectivity index (χ4n) is 3.16. The fraction of sp³-hybridized carbons (Fsp3) is 0.316. The Hall–Kier alpha value is -2.04. The summed E-state index contributed by atoms with van der Waals surface area (Å²) >= 11 is 6.27. The van der Waals surface area contributed by atoms with E-state index >= 15 is 0 Å². The third-order valence-corrected chi connectivity index (χ3v) is 4.68. The Morgan fingerprint density at radius 3 is 2.75 bits per heavy atom. The first-order valence-corrected chi connectivity index (χ1v) is 8.62. The van der Waals surface area contributed by atoms with Crippen molar-refractivity contribution in [1.29, 1.82) is 0 Å². The third-order valence-electron chi connectivity index (χ3n) is 4.37. The highest BCUT2D eigenvalue weighted by atomic mass is 35.5. The molecule has 0 spiro atoms. The van der Waals surface area contributed by atoms with Gasteiger partial charge in [-0.2, -0.15) is 0 Å². The number of carbonyl (C=O) groups is 1. The molecule has 1 fully saturated rings. The number of likely N-dealkylation sites (tertiary alicyclic amines) is 1. The lowest BCUT2D eigenvalue weighted by molar-refractivity contribution is 0.100. The minimum absolute atomic E-state index is 0.347. The van der Waals surface area contributed by atoms with Crippen molar-refractivity contribution in [3.8, 4) is 0 Å². The van der Waals surface area contributed by atoms with E-state index in [0.717, 1.165) is 38.2 Å². The molecule has 1 aliphatic heterocycles. The topological polar surface area (TPSA) is 58.4 Å². The molecule has 1 amide bonds. The Balaban J connectivity index is 1.62. The van der Waals surface area contributed by atoms with Crippen LogP contribution in [0.15, 0.2) is 48.5 Å². The van der Waals surface area contributed by atoms with Crippen LogP contribution in [0.3, 0.4) is 0 Å². The molecule has 0 aliphatic carbocycles. The van der Waals surface area contributed by atoms with Crippen molar-refractivity contribution in [2.75, 3.05) is 18.4 Å². The zero-order valence-corrected chi connectivity index (χ0v) is 14.3. The van der Waals surface area contributed by atoms with Gasteiger partial charge in [-0.05, 0) is 43.1 Å². The van der Waals surface area contributed by atoms with Crippen LogP contribution in [0.2, 0.25) is 5.02 Å². The van der Waals surface area contributed by atoms with Gasteiger partial charge in [0.25, 0.3) is 0 Å². The molecule has 0 bridgehead atoms. The van der Waals surface area contributed by atoms with E-state index in [9.17, 15) is 4.79 Å². The molecule has 0 saturated carbocycles. The molecule has 2 aromatic rings. The average molecular weight is 344 g/mol. The molecule has 1 unspecified atom stereocenters. The van der Waals surface area contributed by atoms with Gasteiger partial charge in [0.1, 0.15) is 0 Å². The van der Waals surface area contributed by atoms with E-state index in [-0.39, 0.29) is 0 Å². The number of carbonyl (C=O) groups excluding carboxylic acids is 1. The van der Waals surface area contributed by atoms with Gasteiger partial charge in [0, 0.05) is 24.7 Å². The molecule has 24 heavy (non-hydrogen) atoms. The Labute approximate surface area is 147 Å². The standard InChI is InChI=1S/C19H22ClN3O/c20-17-11-15(19(21)24)8-9-18(17)22-16-7-4-10-23(13-16)12-14-5-2-1-3-6-14/h1-3,5-6,8-9,11,16,22H,4,7,10,12-13H2,(H2,21,24). The molecule has 3 rings (SSSR count). The van der Waals surface area contributed by atoms with Gasteiger partial charge in [0.2, 0.25) is 5.91 Å². The normalized spacial score (nSPS) is 18.3. The molecule has 1 atom stereocenters. The summed E-state index contributed by atoms with van der Waals surface area (Å²) in [6, 6.07) is 16.0. The van der Waals surface area contributed by atoms with Gasteiger partial charge < -0.3 is 11.1 Å². The molecular formula is C19H22ClN3O. The lowest BCUT2D eigenvalue weighted by Crippen LogP contribution is -2.41. The smallest absolute Gasteiger partial charge is 0.248 e. The van der Waals surface area contributed by atoms with Crippen LogP contribution in [-0.4, -0.2) is 29.9 Å².